The van der Waals surface area contributed by atoms with Gasteiger partial charge in [-0.15, -0.1) is 0 Å². The number of pyridine rings is 1. The van der Waals surface area contributed by atoms with Crippen LogP contribution in [0.2, 0.25) is 0 Å². The summed E-state index contributed by atoms with van der Waals surface area (Å²) in [4.78, 5) is 18.4. The fourth-order valence-corrected chi connectivity index (χ4v) is 2.36. The van der Waals surface area contributed by atoms with Crippen LogP contribution in [0.25, 0.3) is 0 Å². The Balaban J connectivity index is 2.06. The smallest absolute Gasteiger partial charge is 0.272 e. The van der Waals surface area contributed by atoms with Gasteiger partial charge in [-0.1, -0.05) is 6.07 Å². The van der Waals surface area contributed by atoms with Gasteiger partial charge in [-0.3, -0.25) is 4.79 Å². The van der Waals surface area contributed by atoms with E-state index < -0.39 is 0 Å². The lowest BCUT2D eigenvalue weighted by molar-refractivity contribution is 0.0757. The van der Waals surface area contributed by atoms with Crippen LogP contribution in [0.5, 0.6) is 0 Å². The van der Waals surface area contributed by atoms with Crippen LogP contribution in [0.4, 0.5) is 5.82 Å². The van der Waals surface area contributed by atoms with Crippen LogP contribution < -0.4 is 5.32 Å². The largest absolute Gasteiger partial charge is 0.393 e. The minimum absolute atomic E-state index is 0.0529. The van der Waals surface area contributed by atoms with Gasteiger partial charge in [0.05, 0.1) is 6.10 Å². The van der Waals surface area contributed by atoms with Gasteiger partial charge in [-0.05, 0) is 32.4 Å². The van der Waals surface area contributed by atoms with Gasteiger partial charge in [0.15, 0.2) is 0 Å². The van der Waals surface area contributed by atoms with Gasteiger partial charge < -0.3 is 15.3 Å². The van der Waals surface area contributed by atoms with Gasteiger partial charge in [0.2, 0.25) is 0 Å². The van der Waals surface area contributed by atoms with Crippen LogP contribution in [0.3, 0.4) is 0 Å². The lowest BCUT2D eigenvalue weighted by Gasteiger charge is -2.17. The van der Waals surface area contributed by atoms with Crippen molar-refractivity contribution in [2.24, 2.45) is 5.92 Å². The third kappa shape index (κ3) is 3.23. The molecule has 1 saturated heterocycles. The second-order valence-corrected chi connectivity index (χ2v) is 4.98. The van der Waals surface area contributed by atoms with E-state index in [1.165, 1.54) is 0 Å². The second kappa shape index (κ2) is 6.02. The first-order chi connectivity index (χ1) is 9.11. The van der Waals surface area contributed by atoms with Crippen LogP contribution in [-0.2, 0) is 0 Å². The van der Waals surface area contributed by atoms with Crippen molar-refractivity contribution in [3.63, 3.8) is 0 Å². The number of amides is 1. The summed E-state index contributed by atoms with van der Waals surface area (Å²) in [5.74, 6) is 0.850. The highest BCUT2D eigenvalue weighted by Crippen LogP contribution is 2.21. The molecule has 1 aliphatic rings. The Morgan fingerprint density at radius 2 is 2.42 bits per heavy atom. The number of aliphatic hydroxyl groups excluding tert-OH is 1. The lowest BCUT2D eigenvalue weighted by atomic mass is 10.0. The molecule has 2 atom stereocenters. The first-order valence-electron chi connectivity index (χ1n) is 6.80. The second-order valence-electron chi connectivity index (χ2n) is 4.98. The summed E-state index contributed by atoms with van der Waals surface area (Å²) in [6, 6.07) is 5.42. The van der Waals surface area contributed by atoms with Crippen LogP contribution in [0, 0.1) is 5.92 Å². The third-order valence-corrected chi connectivity index (χ3v) is 3.52. The molecule has 1 amide bonds. The van der Waals surface area contributed by atoms with Gasteiger partial charge in [-0.2, -0.15) is 0 Å². The molecule has 0 radical (unpaired) electrons. The number of anilines is 1. The highest BCUT2D eigenvalue weighted by molar-refractivity contribution is 5.92. The number of nitrogens with zero attached hydrogens (tertiary/aromatic N) is 2. The third-order valence-electron chi connectivity index (χ3n) is 3.52. The summed E-state index contributed by atoms with van der Waals surface area (Å²) in [5.41, 5.74) is 0.463. The number of carbonyl (C=O) groups excluding carboxylic acids is 1. The van der Waals surface area contributed by atoms with Crippen LogP contribution >= 0.6 is 0 Å². The van der Waals surface area contributed by atoms with Crippen molar-refractivity contribution < 1.29 is 9.90 Å². The number of aliphatic hydroxyl groups is 1. The van der Waals surface area contributed by atoms with Crippen molar-refractivity contribution in [3.8, 4) is 0 Å². The Morgan fingerprint density at radius 1 is 1.63 bits per heavy atom. The van der Waals surface area contributed by atoms with E-state index in [0.29, 0.717) is 18.8 Å². The van der Waals surface area contributed by atoms with Gasteiger partial charge in [0.1, 0.15) is 11.5 Å². The molecule has 2 heterocycles. The number of likely N-dealkylation sites (tertiary alicyclic amines) is 1. The average molecular weight is 263 g/mol. The minimum atomic E-state index is -0.362. The van der Waals surface area contributed by atoms with Crippen molar-refractivity contribution in [3.05, 3.63) is 23.9 Å². The van der Waals surface area contributed by atoms with Crippen molar-refractivity contribution in [1.29, 1.82) is 0 Å². The Bertz CT molecular complexity index is 448. The Kier molecular flexibility index (Phi) is 4.37. The number of hydrogen-bond donors (Lipinski definition) is 2. The summed E-state index contributed by atoms with van der Waals surface area (Å²) >= 11 is 0. The Hall–Kier alpha value is -1.62. The van der Waals surface area contributed by atoms with Crippen LogP contribution in [-0.4, -0.2) is 46.6 Å². The van der Waals surface area contributed by atoms with E-state index in [4.69, 9.17) is 0 Å². The molecule has 1 fully saturated rings. The van der Waals surface area contributed by atoms with Crippen LogP contribution in [0.15, 0.2) is 18.2 Å². The molecule has 0 saturated carbocycles. The number of hydrogen-bond acceptors (Lipinski definition) is 4. The quantitative estimate of drug-likeness (QED) is 0.860. The summed E-state index contributed by atoms with van der Waals surface area (Å²) in [6.45, 7) is 5.86. The van der Waals surface area contributed by atoms with E-state index in [0.717, 1.165) is 18.8 Å². The molecule has 104 valence electrons. The molecule has 5 heteroatoms. The summed E-state index contributed by atoms with van der Waals surface area (Å²) < 4.78 is 0. The summed E-state index contributed by atoms with van der Waals surface area (Å²) in [5, 5.41) is 12.7. The minimum Gasteiger partial charge on any atom is -0.393 e. The maximum Gasteiger partial charge on any atom is 0.272 e. The molecule has 0 aromatic carbocycles. The zero-order chi connectivity index (χ0) is 13.8. The lowest BCUT2D eigenvalue weighted by Crippen LogP contribution is -2.31. The van der Waals surface area contributed by atoms with Gasteiger partial charge >= 0.3 is 0 Å². The number of aromatic nitrogens is 1. The summed E-state index contributed by atoms with van der Waals surface area (Å²) in [6.07, 6.45) is 0.495. The zero-order valence-corrected chi connectivity index (χ0v) is 11.5. The van der Waals surface area contributed by atoms with E-state index in [2.05, 4.69) is 10.3 Å². The fourth-order valence-electron chi connectivity index (χ4n) is 2.36. The normalized spacial score (nSPS) is 20.4. The topological polar surface area (TPSA) is 65.5 Å². The molecule has 2 N–H and O–H groups in total. The molecular formula is C14H21N3O2. The monoisotopic (exact) mass is 263 g/mol. The SMILES string of the molecule is CCNc1cccc(C(=O)N2CCC(C(C)O)C2)n1. The highest BCUT2D eigenvalue weighted by atomic mass is 16.3. The number of nitrogens with one attached hydrogen (secondary N) is 1. The van der Waals surface area contributed by atoms with Crippen molar-refractivity contribution >= 4 is 11.7 Å². The van der Waals surface area contributed by atoms with Gasteiger partial charge in [-0.25, -0.2) is 4.98 Å². The number of rotatable bonds is 4. The highest BCUT2D eigenvalue weighted by Gasteiger charge is 2.30. The van der Waals surface area contributed by atoms with Crippen molar-refractivity contribution in [1.82, 2.24) is 9.88 Å². The van der Waals surface area contributed by atoms with E-state index >= 15 is 0 Å². The summed E-state index contributed by atoms with van der Waals surface area (Å²) in [7, 11) is 0. The maximum atomic E-state index is 12.3. The first-order valence-corrected chi connectivity index (χ1v) is 6.80. The Labute approximate surface area is 113 Å². The van der Waals surface area contributed by atoms with E-state index in [-0.39, 0.29) is 17.9 Å². The molecule has 0 spiro atoms. The predicted molar refractivity (Wildman–Crippen MR) is 74.1 cm³/mol. The van der Waals surface area contributed by atoms with Crippen molar-refractivity contribution in [2.75, 3.05) is 25.0 Å². The van der Waals surface area contributed by atoms with Gasteiger partial charge in [0.25, 0.3) is 5.91 Å². The predicted octanol–water partition coefficient (Wildman–Crippen LogP) is 1.36. The van der Waals surface area contributed by atoms with Crippen molar-refractivity contribution in [2.45, 2.75) is 26.4 Å². The van der Waals surface area contributed by atoms with E-state index in [9.17, 15) is 9.90 Å². The molecule has 0 aliphatic carbocycles. The molecule has 1 aliphatic heterocycles. The standard InChI is InChI=1S/C14H21N3O2/c1-3-15-13-6-4-5-12(16-13)14(19)17-8-7-11(9-17)10(2)18/h4-6,10-11,18H,3,7-9H2,1-2H3,(H,15,16). The van der Waals surface area contributed by atoms with E-state index in [1.807, 2.05) is 19.1 Å². The molecule has 5 nitrogen and oxygen atoms in total. The molecule has 1 aromatic rings. The maximum absolute atomic E-state index is 12.3. The van der Waals surface area contributed by atoms with Gasteiger partial charge in [0, 0.05) is 25.6 Å². The molecule has 2 unspecified atom stereocenters. The fraction of sp³-hybridized carbons (Fsp3) is 0.571. The molecule has 19 heavy (non-hydrogen) atoms. The van der Waals surface area contributed by atoms with E-state index in [1.54, 1.807) is 17.9 Å². The zero-order valence-electron chi connectivity index (χ0n) is 11.5. The Morgan fingerprint density at radius 3 is 3.05 bits per heavy atom. The van der Waals surface area contributed by atoms with Crippen LogP contribution in [0.1, 0.15) is 30.8 Å². The molecule has 2 rings (SSSR count). The molecule has 0 bridgehead atoms. The molecular weight excluding hydrogens is 242 g/mol. The number of carbonyl (C=O) groups is 1. The molecule has 1 aromatic heterocycles. The first kappa shape index (κ1) is 13.8. The average Bonchev–Trinajstić information content (AvgIpc) is 2.88.